The average molecular weight is 234 g/mol. The lowest BCUT2D eigenvalue weighted by Crippen LogP contribution is -2.06. The molecule has 0 radical (unpaired) electrons. The Morgan fingerprint density at radius 3 is 2.41 bits per heavy atom. The number of aryl methyl sites for hydroxylation is 1. The zero-order chi connectivity index (χ0) is 12.7. The molecule has 3 heteroatoms. The molecule has 0 N–H and O–H groups in total. The fraction of sp³-hybridized carbons (Fsp3) is 0.357. The molecule has 17 heavy (non-hydrogen) atoms. The number of hydrogen-bond donors (Lipinski definition) is 0. The molecule has 0 aromatic heterocycles. The Morgan fingerprint density at radius 2 is 1.88 bits per heavy atom. The minimum atomic E-state index is -0.349. The molecule has 0 aliphatic carbocycles. The molecule has 0 aliphatic rings. The van der Waals surface area contributed by atoms with Crippen molar-refractivity contribution in [2.24, 2.45) is 0 Å². The van der Waals surface area contributed by atoms with Gasteiger partial charge in [0.05, 0.1) is 12.2 Å². The third-order valence-corrected chi connectivity index (χ3v) is 2.30. The van der Waals surface area contributed by atoms with Gasteiger partial charge in [0.25, 0.3) is 0 Å². The Morgan fingerprint density at radius 1 is 1.24 bits per heavy atom. The SMILES string of the molecule is CCOC(=O)C(C)=COc1ccc(CC)cc1. The van der Waals surface area contributed by atoms with Crippen LogP contribution < -0.4 is 4.74 Å². The molecular formula is C14H18O3. The minimum Gasteiger partial charge on any atom is -0.464 e. The van der Waals surface area contributed by atoms with Gasteiger partial charge in [0.15, 0.2) is 0 Å². The predicted molar refractivity (Wildman–Crippen MR) is 66.8 cm³/mol. The monoisotopic (exact) mass is 234 g/mol. The first-order valence-corrected chi connectivity index (χ1v) is 5.76. The van der Waals surface area contributed by atoms with Crippen LogP contribution in [0.2, 0.25) is 0 Å². The fourth-order valence-electron chi connectivity index (χ4n) is 1.25. The van der Waals surface area contributed by atoms with Gasteiger partial charge in [-0.1, -0.05) is 19.1 Å². The van der Waals surface area contributed by atoms with Gasteiger partial charge in [-0.05, 0) is 38.0 Å². The van der Waals surface area contributed by atoms with Gasteiger partial charge in [-0.25, -0.2) is 4.79 Å². The van der Waals surface area contributed by atoms with Gasteiger partial charge in [-0.3, -0.25) is 0 Å². The van der Waals surface area contributed by atoms with E-state index >= 15 is 0 Å². The largest absolute Gasteiger partial charge is 0.464 e. The molecule has 0 spiro atoms. The van der Waals surface area contributed by atoms with Crippen molar-refractivity contribution in [2.45, 2.75) is 27.2 Å². The van der Waals surface area contributed by atoms with Crippen molar-refractivity contribution in [2.75, 3.05) is 6.61 Å². The first-order chi connectivity index (χ1) is 8.17. The van der Waals surface area contributed by atoms with Crippen LogP contribution in [0.25, 0.3) is 0 Å². The van der Waals surface area contributed by atoms with Crippen LogP contribution in [-0.2, 0) is 16.0 Å². The van der Waals surface area contributed by atoms with E-state index in [1.54, 1.807) is 13.8 Å². The van der Waals surface area contributed by atoms with Crippen molar-refractivity contribution >= 4 is 5.97 Å². The minimum absolute atomic E-state index is 0.349. The number of ether oxygens (including phenoxy) is 2. The van der Waals surface area contributed by atoms with E-state index in [1.165, 1.54) is 11.8 Å². The maximum atomic E-state index is 11.3. The summed E-state index contributed by atoms with van der Waals surface area (Å²) < 4.78 is 10.2. The quantitative estimate of drug-likeness (QED) is 0.446. The third kappa shape index (κ3) is 4.31. The molecule has 3 nitrogen and oxygen atoms in total. The maximum Gasteiger partial charge on any atom is 0.336 e. The molecule has 0 amide bonds. The lowest BCUT2D eigenvalue weighted by molar-refractivity contribution is -0.138. The number of carbonyl (C=O) groups is 1. The molecule has 0 fully saturated rings. The lowest BCUT2D eigenvalue weighted by atomic mass is 10.2. The molecule has 0 heterocycles. The molecule has 1 aromatic rings. The summed E-state index contributed by atoms with van der Waals surface area (Å²) in [6.07, 6.45) is 2.41. The number of rotatable bonds is 5. The van der Waals surface area contributed by atoms with E-state index in [-0.39, 0.29) is 5.97 Å². The number of carbonyl (C=O) groups excluding carboxylic acids is 1. The summed E-state index contributed by atoms with van der Waals surface area (Å²) in [6, 6.07) is 7.77. The van der Waals surface area contributed by atoms with Crippen LogP contribution in [0.15, 0.2) is 36.1 Å². The van der Waals surface area contributed by atoms with Crippen molar-refractivity contribution < 1.29 is 14.3 Å². The maximum absolute atomic E-state index is 11.3. The molecule has 1 aromatic carbocycles. The van der Waals surface area contributed by atoms with E-state index in [9.17, 15) is 4.79 Å². The van der Waals surface area contributed by atoms with E-state index in [0.29, 0.717) is 17.9 Å². The molecule has 0 saturated heterocycles. The van der Waals surface area contributed by atoms with Crippen LogP contribution >= 0.6 is 0 Å². The summed E-state index contributed by atoms with van der Waals surface area (Å²) in [7, 11) is 0. The molecular weight excluding hydrogens is 216 g/mol. The summed E-state index contributed by atoms with van der Waals surface area (Å²) in [5.74, 6) is 0.364. The van der Waals surface area contributed by atoms with Crippen LogP contribution in [0, 0.1) is 0 Å². The van der Waals surface area contributed by atoms with E-state index in [0.717, 1.165) is 6.42 Å². The van der Waals surface area contributed by atoms with Gasteiger partial charge >= 0.3 is 5.97 Å². The van der Waals surface area contributed by atoms with Crippen LogP contribution in [0.5, 0.6) is 5.75 Å². The number of benzene rings is 1. The molecule has 0 aliphatic heterocycles. The normalized spacial score (nSPS) is 11.1. The summed E-state index contributed by atoms with van der Waals surface area (Å²) in [6.45, 7) is 5.91. The van der Waals surface area contributed by atoms with Crippen LogP contribution in [0.3, 0.4) is 0 Å². The topological polar surface area (TPSA) is 35.5 Å². The molecule has 0 saturated carbocycles. The fourth-order valence-corrected chi connectivity index (χ4v) is 1.25. The molecule has 0 unspecified atom stereocenters. The van der Waals surface area contributed by atoms with Crippen molar-refractivity contribution in [1.29, 1.82) is 0 Å². The Labute approximate surface area is 102 Å². The highest BCUT2D eigenvalue weighted by Crippen LogP contribution is 2.13. The summed E-state index contributed by atoms with van der Waals surface area (Å²) >= 11 is 0. The Kier molecular flexibility index (Phi) is 5.27. The Bertz CT molecular complexity index is 390. The standard InChI is InChI=1S/C14H18O3/c1-4-12-6-8-13(9-7-12)17-10-11(3)14(15)16-5-2/h6-10H,4-5H2,1-3H3. The van der Waals surface area contributed by atoms with Crippen molar-refractivity contribution in [3.63, 3.8) is 0 Å². The highest BCUT2D eigenvalue weighted by Gasteiger charge is 2.04. The summed E-state index contributed by atoms with van der Waals surface area (Å²) in [5.41, 5.74) is 1.70. The zero-order valence-electron chi connectivity index (χ0n) is 10.5. The van der Waals surface area contributed by atoms with Crippen LogP contribution in [0.1, 0.15) is 26.3 Å². The molecule has 92 valence electrons. The summed E-state index contributed by atoms with van der Waals surface area (Å²) in [4.78, 5) is 11.3. The summed E-state index contributed by atoms with van der Waals surface area (Å²) in [5, 5.41) is 0. The van der Waals surface area contributed by atoms with Crippen LogP contribution in [0.4, 0.5) is 0 Å². The number of esters is 1. The highest BCUT2D eigenvalue weighted by atomic mass is 16.5. The van der Waals surface area contributed by atoms with Crippen molar-refractivity contribution in [3.8, 4) is 5.75 Å². The lowest BCUT2D eigenvalue weighted by Gasteiger charge is -2.04. The third-order valence-electron chi connectivity index (χ3n) is 2.30. The first kappa shape index (κ1) is 13.3. The molecule has 0 atom stereocenters. The van der Waals surface area contributed by atoms with Gasteiger partial charge < -0.3 is 9.47 Å². The number of hydrogen-bond acceptors (Lipinski definition) is 3. The smallest absolute Gasteiger partial charge is 0.336 e. The molecule has 0 bridgehead atoms. The Hall–Kier alpha value is -1.77. The predicted octanol–water partition coefficient (Wildman–Crippen LogP) is 3.09. The second-order valence-electron chi connectivity index (χ2n) is 3.64. The van der Waals surface area contributed by atoms with E-state index < -0.39 is 0 Å². The Balaban J connectivity index is 2.59. The van der Waals surface area contributed by atoms with Gasteiger partial charge in [0, 0.05) is 0 Å². The van der Waals surface area contributed by atoms with Crippen LogP contribution in [-0.4, -0.2) is 12.6 Å². The van der Waals surface area contributed by atoms with Gasteiger partial charge in [-0.2, -0.15) is 0 Å². The second kappa shape index (κ2) is 6.74. The van der Waals surface area contributed by atoms with E-state index in [2.05, 4.69) is 6.92 Å². The zero-order valence-corrected chi connectivity index (χ0v) is 10.5. The van der Waals surface area contributed by atoms with Crippen molar-refractivity contribution in [3.05, 3.63) is 41.7 Å². The van der Waals surface area contributed by atoms with Crippen molar-refractivity contribution in [1.82, 2.24) is 0 Å². The van der Waals surface area contributed by atoms with Gasteiger partial charge in [-0.15, -0.1) is 0 Å². The highest BCUT2D eigenvalue weighted by molar-refractivity contribution is 5.87. The van der Waals surface area contributed by atoms with E-state index in [4.69, 9.17) is 9.47 Å². The van der Waals surface area contributed by atoms with Gasteiger partial charge in [0.2, 0.25) is 0 Å². The van der Waals surface area contributed by atoms with Gasteiger partial charge in [0.1, 0.15) is 12.0 Å². The van der Waals surface area contributed by atoms with E-state index in [1.807, 2.05) is 24.3 Å². The first-order valence-electron chi connectivity index (χ1n) is 5.76. The molecule has 1 rings (SSSR count). The average Bonchev–Trinajstić information content (AvgIpc) is 2.36. The second-order valence-corrected chi connectivity index (χ2v) is 3.64.